The van der Waals surface area contributed by atoms with Gasteiger partial charge in [0.15, 0.2) is 0 Å². The average molecular weight is 587 g/mol. The fourth-order valence-corrected chi connectivity index (χ4v) is 11.7. The molecule has 218 valence electrons. The first-order chi connectivity index (χ1) is 21.3. The Morgan fingerprint density at radius 3 is 1.43 bits per heavy atom. The molecule has 0 saturated heterocycles. The van der Waals surface area contributed by atoms with Crippen molar-refractivity contribution < 1.29 is 0 Å². The second-order valence-electron chi connectivity index (χ2n) is 13.5. The number of hydrogen-bond acceptors (Lipinski definition) is 0. The number of hydrogen-bond donors (Lipinski definition) is 0. The molecule has 44 heavy (non-hydrogen) atoms. The van der Waals surface area contributed by atoms with Gasteiger partial charge in [0.2, 0.25) is 0 Å². The molecule has 0 radical (unpaired) electrons. The molecule has 0 N–H and O–H groups in total. The second kappa shape index (κ2) is 11.4. The van der Waals surface area contributed by atoms with E-state index < -0.39 is 8.07 Å². The van der Waals surface area contributed by atoms with Gasteiger partial charge in [0.1, 0.15) is 8.07 Å². The largest absolute Gasteiger partial charge is 0.107 e. The quantitative estimate of drug-likeness (QED) is 0.166. The van der Waals surface area contributed by atoms with Crippen molar-refractivity contribution in [2.75, 3.05) is 0 Å². The van der Waals surface area contributed by atoms with Crippen LogP contribution in [0.15, 0.2) is 114 Å². The van der Waals surface area contributed by atoms with E-state index in [1.807, 2.05) is 0 Å². The molecule has 0 saturated carbocycles. The van der Waals surface area contributed by atoms with Gasteiger partial charge in [0, 0.05) is 0 Å². The topological polar surface area (TPSA) is 0 Å². The van der Waals surface area contributed by atoms with Crippen LogP contribution in [0.2, 0.25) is 12.6 Å². The molecule has 1 heteroatoms. The summed E-state index contributed by atoms with van der Waals surface area (Å²) in [7, 11) is -2.03. The Morgan fingerprint density at radius 1 is 0.523 bits per heavy atom. The highest BCUT2D eigenvalue weighted by atomic mass is 28.3. The van der Waals surface area contributed by atoms with Gasteiger partial charge in [-0.05, 0) is 103 Å². The van der Waals surface area contributed by atoms with Gasteiger partial charge < -0.3 is 0 Å². The van der Waals surface area contributed by atoms with E-state index in [1.165, 1.54) is 78.4 Å². The Labute approximate surface area is 264 Å². The van der Waals surface area contributed by atoms with Crippen LogP contribution in [0, 0.1) is 27.7 Å². The molecule has 0 aromatic heterocycles. The molecule has 7 rings (SSSR count). The van der Waals surface area contributed by atoms with E-state index >= 15 is 0 Å². The van der Waals surface area contributed by atoms with Crippen molar-refractivity contribution in [2.45, 2.75) is 59.5 Å². The van der Waals surface area contributed by atoms with Crippen LogP contribution in [0.5, 0.6) is 0 Å². The molecule has 0 bridgehead atoms. The second-order valence-corrected chi connectivity index (χ2v) is 18.0. The third-order valence-corrected chi connectivity index (χ3v) is 14.8. The smallest absolute Gasteiger partial charge is 0.0712 e. The van der Waals surface area contributed by atoms with Crippen molar-refractivity contribution in [1.82, 2.24) is 0 Å². The highest BCUT2D eigenvalue weighted by Gasteiger charge is 2.40. The van der Waals surface area contributed by atoms with E-state index in [-0.39, 0.29) is 0 Å². The van der Waals surface area contributed by atoms with Crippen LogP contribution < -0.4 is 0 Å². The predicted octanol–water partition coefficient (Wildman–Crippen LogP) is 11.2. The Hall–Kier alpha value is -4.20. The summed E-state index contributed by atoms with van der Waals surface area (Å²) in [5.41, 5.74) is 18.1. The van der Waals surface area contributed by atoms with E-state index in [2.05, 4.69) is 150 Å². The summed E-state index contributed by atoms with van der Waals surface area (Å²) in [4.78, 5) is 0. The molecule has 0 spiro atoms. The first-order valence-corrected chi connectivity index (χ1v) is 18.8. The van der Waals surface area contributed by atoms with Crippen LogP contribution in [0.3, 0.4) is 0 Å². The molecule has 0 atom stereocenters. The van der Waals surface area contributed by atoms with Crippen LogP contribution >= 0.6 is 0 Å². The fraction of sp³-hybridized carbons (Fsp3) is 0.209. The lowest BCUT2D eigenvalue weighted by Gasteiger charge is -2.31. The van der Waals surface area contributed by atoms with Crippen LogP contribution in [0.4, 0.5) is 0 Å². The predicted molar refractivity (Wildman–Crippen MR) is 193 cm³/mol. The van der Waals surface area contributed by atoms with Crippen LogP contribution in [-0.4, -0.2) is 8.07 Å². The number of benzene rings is 5. The normalized spacial score (nSPS) is 13.8. The minimum atomic E-state index is -2.03. The highest BCUT2D eigenvalue weighted by molar-refractivity contribution is 6.93. The molecule has 2 aliphatic rings. The zero-order chi connectivity index (χ0) is 30.4. The minimum Gasteiger partial charge on any atom is -0.0712 e. The minimum absolute atomic E-state index is 1.07. The molecule has 0 heterocycles. The molecule has 0 aliphatic heterocycles. The number of fused-ring (bicyclic) bond motifs is 2. The van der Waals surface area contributed by atoms with Gasteiger partial charge in [-0.3, -0.25) is 0 Å². The number of rotatable bonds is 7. The molecular formula is C43H42Si. The van der Waals surface area contributed by atoms with Gasteiger partial charge in [-0.2, -0.15) is 0 Å². The third kappa shape index (κ3) is 5.35. The fourth-order valence-electron chi connectivity index (χ4n) is 7.78. The monoisotopic (exact) mass is 586 g/mol. The van der Waals surface area contributed by atoms with Crippen molar-refractivity contribution in [1.29, 1.82) is 0 Å². The SMILES string of the molecule is Cc1cc(C)cc(-c2cccc3c2C=C([Si](C)(CCc2ccccc2)C2=Cc4c(cccc4-c4cc(C)cc(C)c4)C2)C3)c1. The molecule has 5 aromatic carbocycles. The number of aryl methyl sites for hydroxylation is 5. The molecular weight excluding hydrogens is 545 g/mol. The summed E-state index contributed by atoms with van der Waals surface area (Å²) in [5, 5.41) is 3.37. The summed E-state index contributed by atoms with van der Waals surface area (Å²) < 4.78 is 0. The highest BCUT2D eigenvalue weighted by Crippen LogP contribution is 2.45. The van der Waals surface area contributed by atoms with Crippen LogP contribution in [0.25, 0.3) is 34.4 Å². The number of allylic oxidation sites excluding steroid dienone is 2. The zero-order valence-corrected chi connectivity index (χ0v) is 27.8. The Kier molecular flexibility index (Phi) is 7.39. The van der Waals surface area contributed by atoms with Gasteiger partial charge in [-0.1, -0.05) is 154 Å². The van der Waals surface area contributed by atoms with Gasteiger partial charge in [-0.15, -0.1) is 0 Å². The summed E-state index contributed by atoms with van der Waals surface area (Å²) in [5.74, 6) is 0. The Bertz CT molecular complexity index is 1790. The zero-order valence-electron chi connectivity index (χ0n) is 26.8. The van der Waals surface area contributed by atoms with Crippen molar-refractivity contribution in [3.63, 3.8) is 0 Å². The van der Waals surface area contributed by atoms with E-state index in [4.69, 9.17) is 0 Å². The van der Waals surface area contributed by atoms with Crippen molar-refractivity contribution in [2.24, 2.45) is 0 Å². The maximum atomic E-state index is 2.67. The van der Waals surface area contributed by atoms with Crippen molar-refractivity contribution >= 4 is 20.2 Å². The Morgan fingerprint density at radius 2 is 0.977 bits per heavy atom. The van der Waals surface area contributed by atoms with Gasteiger partial charge in [0.05, 0.1) is 0 Å². The van der Waals surface area contributed by atoms with E-state index in [0.717, 1.165) is 19.3 Å². The van der Waals surface area contributed by atoms with Gasteiger partial charge in [0.25, 0.3) is 0 Å². The van der Waals surface area contributed by atoms with E-state index in [9.17, 15) is 0 Å². The summed E-state index contributed by atoms with van der Waals surface area (Å²) in [6.45, 7) is 11.5. The molecule has 2 aliphatic carbocycles. The standard InChI is InChI=1S/C43H42Si/c1-29-19-30(2)22-36(21-29)40-15-9-13-34-25-38(27-42(34)40)44(5,18-17-33-11-7-6-8-12-33)39-26-35-14-10-16-41(43(35)28-39)37-23-31(3)20-32(4)24-37/h6-16,19-24,27-28H,17-18,25-26H2,1-5H3. The molecule has 0 amide bonds. The lowest BCUT2D eigenvalue weighted by molar-refractivity contribution is 1.07. The summed E-state index contributed by atoms with van der Waals surface area (Å²) >= 11 is 0. The molecule has 0 fully saturated rings. The lowest BCUT2D eigenvalue weighted by atomic mass is 9.95. The first kappa shape index (κ1) is 28.6. The first-order valence-electron chi connectivity index (χ1n) is 16.1. The lowest BCUT2D eigenvalue weighted by Crippen LogP contribution is -2.37. The summed E-state index contributed by atoms with van der Waals surface area (Å²) in [6.07, 6.45) is 8.51. The average Bonchev–Trinajstić information content (AvgIpc) is 3.65. The van der Waals surface area contributed by atoms with Crippen molar-refractivity contribution in [3.8, 4) is 22.3 Å². The maximum absolute atomic E-state index is 2.67. The van der Waals surface area contributed by atoms with Crippen molar-refractivity contribution in [3.05, 3.63) is 164 Å². The van der Waals surface area contributed by atoms with Crippen LogP contribution in [-0.2, 0) is 19.3 Å². The maximum Gasteiger partial charge on any atom is 0.107 e. The molecule has 5 aromatic rings. The molecule has 0 nitrogen and oxygen atoms in total. The van der Waals surface area contributed by atoms with E-state index in [0.29, 0.717) is 0 Å². The van der Waals surface area contributed by atoms with Crippen LogP contribution in [0.1, 0.15) is 50.1 Å². The Balaban J connectivity index is 1.33. The van der Waals surface area contributed by atoms with E-state index in [1.54, 1.807) is 10.4 Å². The van der Waals surface area contributed by atoms with Gasteiger partial charge >= 0.3 is 0 Å². The summed E-state index contributed by atoms with van der Waals surface area (Å²) in [6, 6.07) is 40.3. The third-order valence-electron chi connectivity index (χ3n) is 10.0. The van der Waals surface area contributed by atoms with Gasteiger partial charge in [-0.25, -0.2) is 0 Å². The molecule has 0 unspecified atom stereocenters.